The molecular weight excluding hydrogens is 308 g/mol. The normalized spacial score (nSPS) is 10.5. The van der Waals surface area contributed by atoms with Crippen molar-refractivity contribution in [3.05, 3.63) is 41.3 Å². The number of amides is 1. The number of benzene rings is 1. The van der Waals surface area contributed by atoms with Crippen LogP contribution in [-0.2, 0) is 0 Å². The SMILES string of the molecule is CSc1nc(-c2ccc(F)cc2)nc(C)c1C(=O)NCCF. The molecule has 0 bridgehead atoms. The van der Waals surface area contributed by atoms with Gasteiger partial charge in [0.25, 0.3) is 5.91 Å². The average molecular weight is 323 g/mol. The third-order valence-corrected chi connectivity index (χ3v) is 3.64. The minimum atomic E-state index is -0.631. The van der Waals surface area contributed by atoms with E-state index in [4.69, 9.17) is 0 Å². The predicted octanol–water partition coefficient (Wildman–Crippen LogP) is 3.01. The van der Waals surface area contributed by atoms with Gasteiger partial charge in [-0.15, -0.1) is 11.8 Å². The van der Waals surface area contributed by atoms with E-state index < -0.39 is 12.6 Å². The van der Waals surface area contributed by atoms with Gasteiger partial charge in [0.05, 0.1) is 11.3 Å². The molecule has 22 heavy (non-hydrogen) atoms. The number of carbonyl (C=O) groups excluding carboxylic acids is 1. The maximum absolute atomic E-state index is 13.0. The molecule has 0 saturated heterocycles. The Morgan fingerprint density at radius 3 is 2.55 bits per heavy atom. The lowest BCUT2D eigenvalue weighted by molar-refractivity contribution is 0.0946. The molecule has 0 unspecified atom stereocenters. The van der Waals surface area contributed by atoms with Crippen molar-refractivity contribution in [2.24, 2.45) is 0 Å². The van der Waals surface area contributed by atoms with Gasteiger partial charge in [-0.25, -0.2) is 18.7 Å². The number of hydrogen-bond acceptors (Lipinski definition) is 4. The highest BCUT2D eigenvalue weighted by atomic mass is 32.2. The Bertz CT molecular complexity index is 677. The number of aromatic nitrogens is 2. The molecule has 0 aliphatic carbocycles. The van der Waals surface area contributed by atoms with Gasteiger partial charge in [0.15, 0.2) is 5.82 Å². The zero-order chi connectivity index (χ0) is 16.1. The first kappa shape index (κ1) is 16.4. The topological polar surface area (TPSA) is 54.9 Å². The molecule has 1 N–H and O–H groups in total. The molecule has 0 aliphatic heterocycles. The van der Waals surface area contributed by atoms with E-state index in [-0.39, 0.29) is 12.4 Å². The van der Waals surface area contributed by atoms with Crippen LogP contribution >= 0.6 is 11.8 Å². The van der Waals surface area contributed by atoms with Crippen LogP contribution in [0.5, 0.6) is 0 Å². The quantitative estimate of drug-likeness (QED) is 0.679. The van der Waals surface area contributed by atoms with Crippen LogP contribution in [0.1, 0.15) is 16.1 Å². The lowest BCUT2D eigenvalue weighted by atomic mass is 10.1. The molecule has 1 heterocycles. The van der Waals surface area contributed by atoms with Gasteiger partial charge < -0.3 is 5.32 Å². The van der Waals surface area contributed by atoms with Crippen molar-refractivity contribution in [3.63, 3.8) is 0 Å². The highest BCUT2D eigenvalue weighted by Gasteiger charge is 2.18. The molecule has 1 amide bonds. The summed E-state index contributed by atoms with van der Waals surface area (Å²) in [4.78, 5) is 20.7. The Hall–Kier alpha value is -2.02. The molecule has 0 fully saturated rings. The first-order valence-electron chi connectivity index (χ1n) is 6.59. The zero-order valence-electron chi connectivity index (χ0n) is 12.2. The predicted molar refractivity (Wildman–Crippen MR) is 82.3 cm³/mol. The summed E-state index contributed by atoms with van der Waals surface area (Å²) < 4.78 is 25.2. The van der Waals surface area contributed by atoms with Crippen molar-refractivity contribution in [1.29, 1.82) is 0 Å². The van der Waals surface area contributed by atoms with Crippen LogP contribution in [0.25, 0.3) is 11.4 Å². The van der Waals surface area contributed by atoms with Crippen LogP contribution in [0.15, 0.2) is 29.3 Å². The second kappa shape index (κ2) is 7.31. The minimum Gasteiger partial charge on any atom is -0.349 e. The van der Waals surface area contributed by atoms with Gasteiger partial charge in [-0.1, -0.05) is 0 Å². The standard InChI is InChI=1S/C15H15F2N3OS/c1-9-12(14(21)18-8-7-16)15(22-2)20-13(19-9)10-3-5-11(17)6-4-10/h3-6H,7-8H2,1-2H3,(H,18,21). The number of aryl methyl sites for hydroxylation is 1. The van der Waals surface area contributed by atoms with Crippen molar-refractivity contribution < 1.29 is 13.6 Å². The van der Waals surface area contributed by atoms with E-state index in [0.29, 0.717) is 27.7 Å². The van der Waals surface area contributed by atoms with Gasteiger partial charge in [0.2, 0.25) is 0 Å². The molecule has 116 valence electrons. The Morgan fingerprint density at radius 2 is 1.95 bits per heavy atom. The van der Waals surface area contributed by atoms with Gasteiger partial charge >= 0.3 is 0 Å². The number of alkyl halides is 1. The van der Waals surface area contributed by atoms with E-state index in [9.17, 15) is 13.6 Å². The summed E-state index contributed by atoms with van der Waals surface area (Å²) in [5, 5.41) is 2.98. The highest BCUT2D eigenvalue weighted by molar-refractivity contribution is 7.98. The number of carbonyl (C=O) groups is 1. The molecular formula is C15H15F2N3OS. The number of rotatable bonds is 5. The van der Waals surface area contributed by atoms with Crippen molar-refractivity contribution >= 4 is 17.7 Å². The van der Waals surface area contributed by atoms with E-state index in [1.807, 2.05) is 0 Å². The van der Waals surface area contributed by atoms with Gasteiger partial charge in [0, 0.05) is 12.1 Å². The van der Waals surface area contributed by atoms with Crippen molar-refractivity contribution in [1.82, 2.24) is 15.3 Å². The Morgan fingerprint density at radius 1 is 1.27 bits per heavy atom. The first-order chi connectivity index (χ1) is 10.6. The molecule has 0 aliphatic rings. The molecule has 7 heteroatoms. The van der Waals surface area contributed by atoms with E-state index in [2.05, 4.69) is 15.3 Å². The Kier molecular flexibility index (Phi) is 5.43. The van der Waals surface area contributed by atoms with Crippen LogP contribution in [-0.4, -0.2) is 35.4 Å². The first-order valence-corrected chi connectivity index (χ1v) is 7.82. The summed E-state index contributed by atoms with van der Waals surface area (Å²) in [7, 11) is 0. The summed E-state index contributed by atoms with van der Waals surface area (Å²) in [6.07, 6.45) is 1.79. The van der Waals surface area contributed by atoms with E-state index in [1.165, 1.54) is 23.9 Å². The third-order valence-electron chi connectivity index (χ3n) is 2.96. The van der Waals surface area contributed by atoms with E-state index in [1.54, 1.807) is 25.3 Å². The van der Waals surface area contributed by atoms with Gasteiger partial charge in [-0.05, 0) is 37.4 Å². The summed E-state index contributed by atoms with van der Waals surface area (Å²) in [6, 6.07) is 5.82. The van der Waals surface area contributed by atoms with Crippen molar-refractivity contribution in [2.75, 3.05) is 19.5 Å². The average Bonchev–Trinajstić information content (AvgIpc) is 2.52. The largest absolute Gasteiger partial charge is 0.349 e. The fraction of sp³-hybridized carbons (Fsp3) is 0.267. The summed E-state index contributed by atoms with van der Waals surface area (Å²) >= 11 is 1.30. The number of thioether (sulfide) groups is 1. The van der Waals surface area contributed by atoms with Gasteiger partial charge in [-0.2, -0.15) is 0 Å². The molecule has 0 radical (unpaired) electrons. The molecule has 0 atom stereocenters. The Labute approximate surface area is 131 Å². The molecule has 4 nitrogen and oxygen atoms in total. The lowest BCUT2D eigenvalue weighted by Crippen LogP contribution is -2.27. The van der Waals surface area contributed by atoms with Gasteiger partial charge in [0.1, 0.15) is 17.5 Å². The number of hydrogen-bond donors (Lipinski definition) is 1. The summed E-state index contributed by atoms with van der Waals surface area (Å²) in [6.45, 7) is 1.01. The number of halogens is 2. The lowest BCUT2D eigenvalue weighted by Gasteiger charge is -2.11. The molecule has 2 rings (SSSR count). The van der Waals surface area contributed by atoms with Crippen LogP contribution in [0.2, 0.25) is 0 Å². The molecule has 2 aromatic rings. The van der Waals surface area contributed by atoms with E-state index >= 15 is 0 Å². The minimum absolute atomic E-state index is 0.0498. The maximum Gasteiger partial charge on any atom is 0.255 e. The molecule has 1 aromatic carbocycles. The fourth-order valence-corrected chi connectivity index (χ4v) is 2.56. The fourth-order valence-electron chi connectivity index (χ4n) is 1.93. The van der Waals surface area contributed by atoms with Gasteiger partial charge in [-0.3, -0.25) is 4.79 Å². The third kappa shape index (κ3) is 3.59. The monoisotopic (exact) mass is 323 g/mol. The van der Waals surface area contributed by atoms with Crippen LogP contribution in [0, 0.1) is 12.7 Å². The van der Waals surface area contributed by atoms with Crippen molar-refractivity contribution in [2.45, 2.75) is 11.9 Å². The smallest absolute Gasteiger partial charge is 0.255 e. The molecule has 1 aromatic heterocycles. The number of nitrogens with one attached hydrogen (secondary N) is 1. The second-order valence-electron chi connectivity index (χ2n) is 4.47. The second-order valence-corrected chi connectivity index (χ2v) is 5.26. The summed E-state index contributed by atoms with van der Waals surface area (Å²) in [5.74, 6) is -0.318. The summed E-state index contributed by atoms with van der Waals surface area (Å²) in [5.41, 5.74) is 1.50. The van der Waals surface area contributed by atoms with E-state index in [0.717, 1.165) is 0 Å². The zero-order valence-corrected chi connectivity index (χ0v) is 13.0. The Balaban J connectivity index is 2.43. The van der Waals surface area contributed by atoms with Crippen molar-refractivity contribution in [3.8, 4) is 11.4 Å². The highest BCUT2D eigenvalue weighted by Crippen LogP contribution is 2.24. The van der Waals surface area contributed by atoms with Crippen LogP contribution < -0.4 is 5.32 Å². The maximum atomic E-state index is 13.0. The number of nitrogens with zero attached hydrogens (tertiary/aromatic N) is 2. The van der Waals surface area contributed by atoms with Crippen LogP contribution in [0.4, 0.5) is 8.78 Å². The molecule has 0 spiro atoms. The molecule has 0 saturated carbocycles. The van der Waals surface area contributed by atoms with Crippen LogP contribution in [0.3, 0.4) is 0 Å².